The van der Waals surface area contributed by atoms with Gasteiger partial charge in [-0.2, -0.15) is 0 Å². The van der Waals surface area contributed by atoms with Crippen LogP contribution in [0.15, 0.2) is 88.3 Å². The smallest absolute Gasteiger partial charge is 0.0794 e. The van der Waals surface area contributed by atoms with E-state index in [0.717, 1.165) is 27.0 Å². The lowest BCUT2D eigenvalue weighted by Crippen LogP contribution is -2.02. The fourth-order valence-corrected chi connectivity index (χ4v) is 2.68. The average molecular weight is 371 g/mol. The zero-order chi connectivity index (χ0) is 15.4. The maximum Gasteiger partial charge on any atom is 0.0794 e. The number of rotatable bonds is 3. The van der Waals surface area contributed by atoms with Crippen LogP contribution in [0.4, 0.5) is 5.69 Å². The Balaban J connectivity index is 2.18. The van der Waals surface area contributed by atoms with Gasteiger partial charge in [0.25, 0.3) is 0 Å². The van der Waals surface area contributed by atoms with E-state index in [2.05, 4.69) is 40.2 Å². The van der Waals surface area contributed by atoms with Crippen LogP contribution in [-0.2, 0) is 0 Å². The topological polar surface area (TPSA) is 12.4 Å². The number of nitrogens with zero attached hydrogens (tertiary/aromatic N) is 1. The van der Waals surface area contributed by atoms with E-state index in [1.54, 1.807) is 0 Å². The highest BCUT2D eigenvalue weighted by Crippen LogP contribution is 2.30. The first-order valence-electron chi connectivity index (χ1n) is 6.88. The third-order valence-corrected chi connectivity index (χ3v) is 4.14. The van der Waals surface area contributed by atoms with Crippen LogP contribution in [0.25, 0.3) is 0 Å². The predicted octanol–water partition coefficient (Wildman–Crippen LogP) is 6.27. The molecule has 0 heterocycles. The average Bonchev–Trinajstić information content (AvgIpc) is 2.57. The molecule has 3 rings (SSSR count). The van der Waals surface area contributed by atoms with Crippen molar-refractivity contribution in [3.63, 3.8) is 0 Å². The number of aliphatic imine (C=N–C) groups is 1. The van der Waals surface area contributed by atoms with Crippen molar-refractivity contribution < 1.29 is 0 Å². The summed E-state index contributed by atoms with van der Waals surface area (Å²) >= 11 is 9.64. The van der Waals surface area contributed by atoms with Gasteiger partial charge in [0.1, 0.15) is 0 Å². The zero-order valence-corrected chi connectivity index (χ0v) is 14.1. The normalized spacial score (nSPS) is 10.3. The van der Waals surface area contributed by atoms with Gasteiger partial charge >= 0.3 is 0 Å². The molecule has 0 saturated heterocycles. The van der Waals surface area contributed by atoms with Crippen LogP contribution < -0.4 is 0 Å². The molecule has 0 amide bonds. The Labute approximate surface area is 143 Å². The summed E-state index contributed by atoms with van der Waals surface area (Å²) in [5, 5.41) is 0.669. The molecule has 0 aliphatic carbocycles. The number of hydrogen-bond donors (Lipinski definition) is 0. The van der Waals surface area contributed by atoms with Crippen molar-refractivity contribution in [3.8, 4) is 0 Å². The summed E-state index contributed by atoms with van der Waals surface area (Å²) in [5.41, 5.74) is 3.88. The van der Waals surface area contributed by atoms with Gasteiger partial charge in [-0.1, -0.05) is 72.3 Å². The zero-order valence-electron chi connectivity index (χ0n) is 11.7. The molecular weight excluding hydrogens is 358 g/mol. The molecule has 3 aromatic rings. The third-order valence-electron chi connectivity index (χ3n) is 3.23. The Morgan fingerprint density at radius 1 is 0.773 bits per heavy atom. The van der Waals surface area contributed by atoms with Gasteiger partial charge < -0.3 is 0 Å². The molecule has 3 aromatic carbocycles. The Hall–Kier alpha value is -1.90. The van der Waals surface area contributed by atoms with Crippen molar-refractivity contribution in [1.82, 2.24) is 0 Å². The molecule has 0 atom stereocenters. The van der Waals surface area contributed by atoms with Crippen molar-refractivity contribution in [2.24, 2.45) is 4.99 Å². The quantitative estimate of drug-likeness (QED) is 0.482. The summed E-state index contributed by atoms with van der Waals surface area (Å²) in [4.78, 5) is 4.84. The van der Waals surface area contributed by atoms with E-state index in [-0.39, 0.29) is 0 Å². The molecule has 0 unspecified atom stereocenters. The van der Waals surface area contributed by atoms with Crippen LogP contribution >= 0.6 is 27.5 Å². The highest BCUT2D eigenvalue weighted by Gasteiger charge is 2.08. The molecule has 108 valence electrons. The molecule has 0 radical (unpaired) electrons. The van der Waals surface area contributed by atoms with Gasteiger partial charge in [0.15, 0.2) is 0 Å². The molecule has 0 saturated carbocycles. The lowest BCUT2D eigenvalue weighted by Gasteiger charge is -2.09. The molecule has 0 N–H and O–H groups in total. The minimum absolute atomic E-state index is 0.669. The van der Waals surface area contributed by atoms with Crippen molar-refractivity contribution in [2.75, 3.05) is 0 Å². The Bertz CT molecular complexity index is 757. The van der Waals surface area contributed by atoms with E-state index in [9.17, 15) is 0 Å². The van der Waals surface area contributed by atoms with Crippen LogP contribution in [0.1, 0.15) is 11.1 Å². The number of halogens is 2. The van der Waals surface area contributed by atoms with E-state index in [1.165, 1.54) is 0 Å². The molecule has 0 bridgehead atoms. The van der Waals surface area contributed by atoms with E-state index in [0.29, 0.717) is 5.02 Å². The summed E-state index contributed by atoms with van der Waals surface area (Å²) in [5.74, 6) is 0. The fourth-order valence-electron chi connectivity index (χ4n) is 2.18. The SMILES string of the molecule is Clc1ccc(Br)c(N=C(c2ccccc2)c2ccccc2)c1. The van der Waals surface area contributed by atoms with Crippen molar-refractivity contribution >= 4 is 38.9 Å². The molecule has 0 aliphatic heterocycles. The lowest BCUT2D eigenvalue weighted by atomic mass is 10.0. The van der Waals surface area contributed by atoms with Crippen molar-refractivity contribution in [2.45, 2.75) is 0 Å². The minimum Gasteiger partial charge on any atom is -0.247 e. The van der Waals surface area contributed by atoms with Crippen molar-refractivity contribution in [1.29, 1.82) is 0 Å². The van der Waals surface area contributed by atoms with Crippen LogP contribution in [0.2, 0.25) is 5.02 Å². The number of hydrogen-bond acceptors (Lipinski definition) is 1. The molecule has 1 nitrogen and oxygen atoms in total. The standard InChI is InChI=1S/C19H13BrClN/c20-17-12-11-16(21)13-18(17)22-19(14-7-3-1-4-8-14)15-9-5-2-6-10-15/h1-13H. The summed E-state index contributed by atoms with van der Waals surface area (Å²) in [7, 11) is 0. The second-order valence-corrected chi connectivity index (χ2v) is 6.08. The summed E-state index contributed by atoms with van der Waals surface area (Å²) in [6.45, 7) is 0. The highest BCUT2D eigenvalue weighted by molar-refractivity contribution is 9.10. The second-order valence-electron chi connectivity index (χ2n) is 4.79. The van der Waals surface area contributed by atoms with Crippen LogP contribution in [0.5, 0.6) is 0 Å². The van der Waals surface area contributed by atoms with Crippen LogP contribution in [0, 0.1) is 0 Å². The first-order chi connectivity index (χ1) is 10.7. The molecule has 0 spiro atoms. The Kier molecular flexibility index (Phi) is 4.71. The second kappa shape index (κ2) is 6.91. The van der Waals surface area contributed by atoms with E-state index in [1.807, 2.05) is 54.6 Å². The van der Waals surface area contributed by atoms with Crippen molar-refractivity contribution in [3.05, 3.63) is 99.5 Å². The Morgan fingerprint density at radius 2 is 1.32 bits per heavy atom. The van der Waals surface area contributed by atoms with E-state index < -0.39 is 0 Å². The summed E-state index contributed by atoms with van der Waals surface area (Å²) in [6.07, 6.45) is 0. The monoisotopic (exact) mass is 369 g/mol. The lowest BCUT2D eigenvalue weighted by molar-refractivity contribution is 1.45. The molecular formula is C19H13BrClN. The number of benzene rings is 3. The van der Waals surface area contributed by atoms with Gasteiger partial charge in [0, 0.05) is 20.6 Å². The molecule has 0 aromatic heterocycles. The van der Waals surface area contributed by atoms with E-state index in [4.69, 9.17) is 16.6 Å². The molecule has 0 aliphatic rings. The predicted molar refractivity (Wildman–Crippen MR) is 97.3 cm³/mol. The van der Waals surface area contributed by atoms with E-state index >= 15 is 0 Å². The van der Waals surface area contributed by atoms with Gasteiger partial charge in [0.2, 0.25) is 0 Å². The van der Waals surface area contributed by atoms with Gasteiger partial charge in [-0.15, -0.1) is 0 Å². The van der Waals surface area contributed by atoms with Gasteiger partial charge in [0.05, 0.1) is 11.4 Å². The van der Waals surface area contributed by atoms with Gasteiger partial charge in [-0.3, -0.25) is 0 Å². The first kappa shape index (κ1) is 15.0. The molecule has 22 heavy (non-hydrogen) atoms. The van der Waals surface area contributed by atoms with Gasteiger partial charge in [-0.25, -0.2) is 4.99 Å². The maximum atomic E-state index is 6.10. The summed E-state index contributed by atoms with van der Waals surface area (Å²) in [6, 6.07) is 25.9. The van der Waals surface area contributed by atoms with Gasteiger partial charge in [-0.05, 0) is 34.1 Å². The third kappa shape index (κ3) is 3.46. The Morgan fingerprint density at radius 3 is 1.86 bits per heavy atom. The first-order valence-corrected chi connectivity index (χ1v) is 8.06. The van der Waals surface area contributed by atoms with Crippen LogP contribution in [0.3, 0.4) is 0 Å². The minimum atomic E-state index is 0.669. The molecule has 0 fully saturated rings. The van der Waals surface area contributed by atoms with Crippen LogP contribution in [-0.4, -0.2) is 5.71 Å². The largest absolute Gasteiger partial charge is 0.247 e. The highest BCUT2D eigenvalue weighted by atomic mass is 79.9. The maximum absolute atomic E-state index is 6.10. The molecule has 3 heteroatoms. The summed E-state index contributed by atoms with van der Waals surface area (Å²) < 4.78 is 0.918. The fraction of sp³-hybridized carbons (Fsp3) is 0.